The molecule has 1 aliphatic heterocycles. The van der Waals surface area contributed by atoms with Crippen LogP contribution in [0.3, 0.4) is 0 Å². The van der Waals surface area contributed by atoms with Gasteiger partial charge in [-0.15, -0.1) is 13.2 Å². The van der Waals surface area contributed by atoms with Crippen molar-refractivity contribution in [2.75, 3.05) is 18.0 Å². The van der Waals surface area contributed by atoms with E-state index < -0.39 is 6.36 Å². The van der Waals surface area contributed by atoms with Gasteiger partial charge in [0.25, 0.3) is 0 Å². The normalized spacial score (nSPS) is 14.8. The lowest BCUT2D eigenvalue weighted by molar-refractivity contribution is -0.274. The monoisotopic (exact) mass is 527 g/mol. The van der Waals surface area contributed by atoms with Gasteiger partial charge in [-0.1, -0.05) is 35.9 Å². The molecule has 3 heterocycles. The van der Waals surface area contributed by atoms with E-state index in [-0.39, 0.29) is 11.5 Å². The second-order valence-corrected chi connectivity index (χ2v) is 9.64. The molecule has 1 fully saturated rings. The van der Waals surface area contributed by atoms with Crippen LogP contribution in [0.4, 0.5) is 18.9 Å². The van der Waals surface area contributed by atoms with Crippen LogP contribution in [0.2, 0.25) is 5.02 Å². The molecule has 0 unspecified atom stereocenters. The summed E-state index contributed by atoms with van der Waals surface area (Å²) in [6, 6.07) is 18.0. The number of fused-ring (bicyclic) bond motifs is 1. The van der Waals surface area contributed by atoms with E-state index in [1.165, 1.54) is 12.1 Å². The van der Waals surface area contributed by atoms with Crippen molar-refractivity contribution >= 4 is 28.6 Å². The zero-order valence-corrected chi connectivity index (χ0v) is 20.7. The predicted octanol–water partition coefficient (Wildman–Crippen LogP) is 7.09. The van der Waals surface area contributed by atoms with Gasteiger partial charge in [0, 0.05) is 36.4 Å². The maximum Gasteiger partial charge on any atom is 0.573 e. The molecule has 192 valence electrons. The molecule has 0 amide bonds. The largest absolute Gasteiger partial charge is 0.573 e. The zero-order valence-electron chi connectivity index (χ0n) is 19.9. The van der Waals surface area contributed by atoms with E-state index in [9.17, 15) is 18.0 Å². The number of ether oxygens (including phenoxy) is 1. The van der Waals surface area contributed by atoms with Gasteiger partial charge >= 0.3 is 6.36 Å². The molecule has 0 aliphatic carbocycles. The molecule has 1 saturated heterocycles. The summed E-state index contributed by atoms with van der Waals surface area (Å²) in [5, 5.41) is 4.79. The van der Waals surface area contributed by atoms with Crippen LogP contribution < -0.4 is 9.64 Å². The van der Waals surface area contributed by atoms with Crippen molar-refractivity contribution in [2.24, 2.45) is 0 Å². The van der Waals surface area contributed by atoms with E-state index in [1.54, 1.807) is 41.2 Å². The third-order valence-corrected chi connectivity index (χ3v) is 7.04. The molecule has 0 spiro atoms. The Balaban J connectivity index is 1.13. The first-order valence-corrected chi connectivity index (χ1v) is 12.5. The topological polar surface area (TPSA) is 46.8 Å². The SMILES string of the molecule is O=C(CCc1ccc(N2CCC(c3ccc(OC(F)(F)F)cc3)CC2)cc1)c1cnn2ccc(Cl)cc12. The number of carbonyl (C=O) groups excluding carboxylic acids is 1. The minimum Gasteiger partial charge on any atom is -0.406 e. The van der Waals surface area contributed by atoms with Gasteiger partial charge in [-0.3, -0.25) is 4.79 Å². The molecule has 0 N–H and O–H groups in total. The Bertz CT molecular complexity index is 1380. The van der Waals surface area contributed by atoms with Crippen molar-refractivity contribution < 1.29 is 22.7 Å². The molecular formula is C28H25ClF3N3O2. The Labute approximate surface area is 217 Å². The van der Waals surface area contributed by atoms with Crippen LogP contribution in [0.15, 0.2) is 73.1 Å². The summed E-state index contributed by atoms with van der Waals surface area (Å²) >= 11 is 6.07. The minimum atomic E-state index is -4.68. The number of alkyl halides is 3. The average molecular weight is 528 g/mol. The highest BCUT2D eigenvalue weighted by molar-refractivity contribution is 6.31. The van der Waals surface area contributed by atoms with E-state index in [0.717, 1.165) is 42.7 Å². The summed E-state index contributed by atoms with van der Waals surface area (Å²) < 4.78 is 42.7. The average Bonchev–Trinajstić information content (AvgIpc) is 3.30. The Morgan fingerprint density at radius 3 is 2.41 bits per heavy atom. The molecule has 1 aliphatic rings. The number of benzene rings is 2. The van der Waals surface area contributed by atoms with Gasteiger partial charge in [0.1, 0.15) is 5.75 Å². The van der Waals surface area contributed by atoms with Crippen LogP contribution in [-0.4, -0.2) is 34.8 Å². The third-order valence-electron chi connectivity index (χ3n) is 6.81. The maximum atomic E-state index is 12.8. The number of Topliss-reactive ketones (excluding diaryl/α,β-unsaturated/α-hetero) is 1. The second kappa shape index (κ2) is 10.5. The summed E-state index contributed by atoms with van der Waals surface area (Å²) in [6.45, 7) is 1.72. The number of anilines is 1. The molecule has 0 saturated carbocycles. The molecule has 0 bridgehead atoms. The van der Waals surface area contributed by atoms with Crippen LogP contribution in [0.25, 0.3) is 5.52 Å². The lowest BCUT2D eigenvalue weighted by Crippen LogP contribution is -2.32. The van der Waals surface area contributed by atoms with Crippen LogP contribution in [0, 0.1) is 0 Å². The first kappa shape index (κ1) is 25.1. The third kappa shape index (κ3) is 6.07. The first-order chi connectivity index (χ1) is 17.7. The fourth-order valence-corrected chi connectivity index (χ4v) is 5.01. The first-order valence-electron chi connectivity index (χ1n) is 12.1. The molecular weight excluding hydrogens is 503 g/mol. The Hall–Kier alpha value is -3.52. The standard InChI is InChI=1S/C28H25ClF3N3O2/c29-22-13-16-35-26(17-22)25(18-33-35)27(36)10-3-19-1-6-23(7-2-19)34-14-11-21(12-15-34)20-4-8-24(9-5-20)37-28(30,31)32/h1-2,4-9,13,16-18,21H,3,10-12,14-15H2. The molecule has 37 heavy (non-hydrogen) atoms. The Morgan fingerprint density at radius 2 is 1.73 bits per heavy atom. The van der Waals surface area contributed by atoms with Gasteiger partial charge < -0.3 is 9.64 Å². The number of aryl methyl sites for hydroxylation is 1. The van der Waals surface area contributed by atoms with Crippen molar-refractivity contribution in [1.82, 2.24) is 9.61 Å². The van der Waals surface area contributed by atoms with Gasteiger partial charge in [-0.05, 0) is 72.7 Å². The van der Waals surface area contributed by atoms with Crippen molar-refractivity contribution in [1.29, 1.82) is 0 Å². The van der Waals surface area contributed by atoms with E-state index in [0.29, 0.717) is 34.9 Å². The summed E-state index contributed by atoms with van der Waals surface area (Å²) in [5.41, 5.74) is 4.52. The number of aromatic nitrogens is 2. The number of ketones is 1. The van der Waals surface area contributed by atoms with Crippen molar-refractivity contribution in [3.63, 3.8) is 0 Å². The fraction of sp³-hybridized carbons (Fsp3) is 0.286. The van der Waals surface area contributed by atoms with Gasteiger partial charge in [0.15, 0.2) is 5.78 Å². The van der Waals surface area contributed by atoms with Crippen LogP contribution in [-0.2, 0) is 6.42 Å². The zero-order chi connectivity index (χ0) is 26.0. The van der Waals surface area contributed by atoms with E-state index in [4.69, 9.17) is 11.6 Å². The summed E-state index contributed by atoms with van der Waals surface area (Å²) in [5.74, 6) is 0.135. The highest BCUT2D eigenvalue weighted by Crippen LogP contribution is 2.32. The van der Waals surface area contributed by atoms with Crippen LogP contribution in [0.5, 0.6) is 5.75 Å². The number of rotatable bonds is 7. The number of pyridine rings is 1. The minimum absolute atomic E-state index is 0.0291. The van der Waals surface area contributed by atoms with Gasteiger partial charge in [-0.2, -0.15) is 5.10 Å². The number of hydrogen-bond acceptors (Lipinski definition) is 4. The number of piperidine rings is 1. The van der Waals surface area contributed by atoms with E-state index >= 15 is 0 Å². The van der Waals surface area contributed by atoms with Crippen LogP contribution >= 0.6 is 11.6 Å². The summed E-state index contributed by atoms with van der Waals surface area (Å²) in [6.07, 6.45) is 1.49. The second-order valence-electron chi connectivity index (χ2n) is 9.20. The molecule has 5 rings (SSSR count). The molecule has 0 radical (unpaired) electrons. The van der Waals surface area contributed by atoms with Crippen LogP contribution in [0.1, 0.15) is 46.7 Å². The van der Waals surface area contributed by atoms with Crippen molar-refractivity contribution in [3.05, 3.63) is 94.8 Å². The van der Waals surface area contributed by atoms with Crippen molar-refractivity contribution in [2.45, 2.75) is 38.0 Å². The lowest BCUT2D eigenvalue weighted by atomic mass is 9.89. The summed E-state index contributed by atoms with van der Waals surface area (Å²) in [7, 11) is 0. The highest BCUT2D eigenvalue weighted by atomic mass is 35.5. The quantitative estimate of drug-likeness (QED) is 0.241. The fourth-order valence-electron chi connectivity index (χ4n) is 4.85. The van der Waals surface area contributed by atoms with Crippen molar-refractivity contribution in [3.8, 4) is 5.75 Å². The van der Waals surface area contributed by atoms with Gasteiger partial charge in [0.05, 0.1) is 17.3 Å². The van der Waals surface area contributed by atoms with Gasteiger partial charge in [-0.25, -0.2) is 4.52 Å². The smallest absolute Gasteiger partial charge is 0.406 e. The molecule has 4 aromatic rings. The molecule has 2 aromatic heterocycles. The lowest BCUT2D eigenvalue weighted by Gasteiger charge is -2.34. The molecule has 0 atom stereocenters. The molecule has 9 heteroatoms. The Morgan fingerprint density at radius 1 is 1.03 bits per heavy atom. The number of hydrogen-bond donors (Lipinski definition) is 0. The van der Waals surface area contributed by atoms with E-state index in [2.05, 4.69) is 39.0 Å². The molecule has 2 aromatic carbocycles. The van der Waals surface area contributed by atoms with Gasteiger partial charge in [0.2, 0.25) is 0 Å². The number of nitrogens with zero attached hydrogens (tertiary/aromatic N) is 3. The number of halogens is 4. The predicted molar refractivity (Wildman–Crippen MR) is 137 cm³/mol. The van der Waals surface area contributed by atoms with E-state index in [1.807, 2.05) is 0 Å². The Kier molecular flexibility index (Phi) is 7.11. The molecule has 5 nitrogen and oxygen atoms in total. The maximum absolute atomic E-state index is 12.8. The highest BCUT2D eigenvalue weighted by Gasteiger charge is 2.31. The summed E-state index contributed by atoms with van der Waals surface area (Å²) in [4.78, 5) is 15.1. The number of carbonyl (C=O) groups is 1.